The number of rotatable bonds is 4. The first kappa shape index (κ1) is 18.8. The van der Waals surface area contributed by atoms with Crippen LogP contribution < -0.4 is 5.32 Å². The molecule has 1 unspecified atom stereocenters. The fourth-order valence-electron chi connectivity index (χ4n) is 3.18. The van der Waals surface area contributed by atoms with Gasteiger partial charge in [-0.2, -0.15) is 0 Å². The molecule has 1 aliphatic rings. The molecule has 2 amide bonds. The molecule has 0 aliphatic heterocycles. The number of carbonyl (C=O) groups is 2. The van der Waals surface area contributed by atoms with E-state index in [0.29, 0.717) is 10.6 Å². The van der Waals surface area contributed by atoms with Crippen molar-refractivity contribution in [1.29, 1.82) is 0 Å². The summed E-state index contributed by atoms with van der Waals surface area (Å²) in [4.78, 5) is 27.4. The highest BCUT2D eigenvalue weighted by molar-refractivity contribution is 6.33. The molecule has 0 bridgehead atoms. The maximum absolute atomic E-state index is 13.0. The maximum Gasteiger partial charge on any atom is 0.253 e. The van der Waals surface area contributed by atoms with Gasteiger partial charge in [-0.15, -0.1) is 0 Å². The second kappa shape index (κ2) is 7.56. The predicted octanol–water partition coefficient (Wildman–Crippen LogP) is 3.89. The molecule has 1 aliphatic carbocycles. The van der Waals surface area contributed by atoms with Crippen LogP contribution >= 0.6 is 11.6 Å². The van der Waals surface area contributed by atoms with Crippen molar-refractivity contribution in [3.8, 4) is 0 Å². The smallest absolute Gasteiger partial charge is 0.253 e. The second-order valence-electron chi connectivity index (χ2n) is 7.64. The number of likely N-dealkylation sites (N-methyl/N-ethyl adjacent to an activating group) is 1. The molecule has 1 atom stereocenters. The van der Waals surface area contributed by atoms with Crippen molar-refractivity contribution in [3.63, 3.8) is 0 Å². The molecule has 132 valence electrons. The molecule has 5 heteroatoms. The van der Waals surface area contributed by atoms with Gasteiger partial charge in [0.2, 0.25) is 5.91 Å². The number of hydrogen-bond acceptors (Lipinski definition) is 2. The average Bonchev–Trinajstić information content (AvgIpc) is 3.04. The maximum atomic E-state index is 13.0. The van der Waals surface area contributed by atoms with Gasteiger partial charge in [-0.05, 0) is 30.4 Å². The first-order chi connectivity index (χ1) is 11.2. The minimum Gasteiger partial charge on any atom is -0.341 e. The van der Waals surface area contributed by atoms with E-state index in [-0.39, 0.29) is 23.3 Å². The SMILES string of the molecule is CN(C(=O)C(NC(=O)c1ccccc1Cl)C(C)(C)C)C1CCCC1. The van der Waals surface area contributed by atoms with Crippen LogP contribution in [-0.2, 0) is 4.79 Å². The largest absolute Gasteiger partial charge is 0.341 e. The molecule has 0 saturated heterocycles. The Bertz CT molecular complexity index is 604. The van der Waals surface area contributed by atoms with E-state index in [1.54, 1.807) is 24.3 Å². The van der Waals surface area contributed by atoms with E-state index >= 15 is 0 Å². The zero-order valence-electron chi connectivity index (χ0n) is 14.9. The summed E-state index contributed by atoms with van der Waals surface area (Å²) in [5.74, 6) is -0.344. The summed E-state index contributed by atoms with van der Waals surface area (Å²) in [5.41, 5.74) is 0.00524. The molecule has 24 heavy (non-hydrogen) atoms. The number of amides is 2. The van der Waals surface area contributed by atoms with Crippen molar-refractivity contribution in [2.45, 2.75) is 58.5 Å². The number of nitrogens with zero attached hydrogens (tertiary/aromatic N) is 1. The van der Waals surface area contributed by atoms with Gasteiger partial charge in [0.25, 0.3) is 5.91 Å². The summed E-state index contributed by atoms with van der Waals surface area (Å²) in [7, 11) is 1.85. The molecular formula is C19H27ClN2O2. The Morgan fingerprint density at radius 1 is 1.21 bits per heavy atom. The minimum atomic E-state index is -0.591. The molecule has 1 aromatic carbocycles. The highest BCUT2D eigenvalue weighted by Crippen LogP contribution is 2.27. The molecule has 0 aromatic heterocycles. The average molecular weight is 351 g/mol. The highest BCUT2D eigenvalue weighted by Gasteiger charge is 2.37. The van der Waals surface area contributed by atoms with Gasteiger partial charge in [0, 0.05) is 13.1 Å². The topological polar surface area (TPSA) is 49.4 Å². The third-order valence-corrected chi connectivity index (χ3v) is 5.06. The van der Waals surface area contributed by atoms with Gasteiger partial charge in [0.1, 0.15) is 6.04 Å². The van der Waals surface area contributed by atoms with Crippen molar-refractivity contribution in [2.24, 2.45) is 5.41 Å². The van der Waals surface area contributed by atoms with Gasteiger partial charge in [-0.25, -0.2) is 0 Å². The Morgan fingerprint density at radius 3 is 2.33 bits per heavy atom. The van der Waals surface area contributed by atoms with Crippen molar-refractivity contribution in [1.82, 2.24) is 10.2 Å². The molecule has 1 N–H and O–H groups in total. The van der Waals surface area contributed by atoms with Crippen LogP contribution in [0.4, 0.5) is 0 Å². The van der Waals surface area contributed by atoms with Crippen molar-refractivity contribution < 1.29 is 9.59 Å². The predicted molar refractivity (Wildman–Crippen MR) is 97.2 cm³/mol. The Morgan fingerprint density at radius 2 is 1.79 bits per heavy atom. The Balaban J connectivity index is 2.18. The number of carbonyl (C=O) groups excluding carboxylic acids is 2. The summed E-state index contributed by atoms with van der Waals surface area (Å²) >= 11 is 6.11. The molecular weight excluding hydrogens is 324 g/mol. The summed E-state index contributed by atoms with van der Waals surface area (Å²) in [6.45, 7) is 5.89. The minimum absolute atomic E-state index is 0.0326. The lowest BCUT2D eigenvalue weighted by molar-refractivity contribution is -0.136. The lowest BCUT2D eigenvalue weighted by atomic mass is 9.85. The van der Waals surface area contributed by atoms with Gasteiger partial charge in [-0.1, -0.05) is 57.3 Å². The third kappa shape index (κ3) is 4.29. The summed E-state index contributed by atoms with van der Waals surface area (Å²) in [6, 6.07) is 6.57. The number of benzene rings is 1. The molecule has 0 spiro atoms. The van der Waals surface area contributed by atoms with E-state index in [0.717, 1.165) is 25.7 Å². The standard InChI is InChI=1S/C19H27ClN2O2/c1-19(2,3)16(18(24)22(4)13-9-5-6-10-13)21-17(23)14-11-7-8-12-15(14)20/h7-8,11-13,16H,5-6,9-10H2,1-4H3,(H,21,23). The Kier molecular flexibility index (Phi) is 5.92. The van der Waals surface area contributed by atoms with Crippen LogP contribution in [0.15, 0.2) is 24.3 Å². The molecule has 2 rings (SSSR count). The molecule has 4 nitrogen and oxygen atoms in total. The highest BCUT2D eigenvalue weighted by atomic mass is 35.5. The van der Waals surface area contributed by atoms with E-state index in [4.69, 9.17) is 11.6 Å². The van der Waals surface area contributed by atoms with E-state index in [1.807, 2.05) is 32.7 Å². The number of halogens is 1. The van der Waals surface area contributed by atoms with Crippen LogP contribution in [0.1, 0.15) is 56.8 Å². The first-order valence-corrected chi connectivity index (χ1v) is 8.91. The summed E-state index contributed by atoms with van der Waals surface area (Å²) in [6.07, 6.45) is 4.40. The third-order valence-electron chi connectivity index (χ3n) is 4.73. The molecule has 0 heterocycles. The van der Waals surface area contributed by atoms with Crippen molar-refractivity contribution in [3.05, 3.63) is 34.9 Å². The van der Waals surface area contributed by atoms with Crippen LogP contribution in [0.3, 0.4) is 0 Å². The van der Waals surface area contributed by atoms with E-state index < -0.39 is 6.04 Å². The van der Waals surface area contributed by atoms with Gasteiger partial charge in [0.15, 0.2) is 0 Å². The van der Waals surface area contributed by atoms with Gasteiger partial charge < -0.3 is 10.2 Å². The Labute approximate surface area is 149 Å². The zero-order valence-corrected chi connectivity index (χ0v) is 15.7. The molecule has 0 radical (unpaired) electrons. The lowest BCUT2D eigenvalue weighted by Gasteiger charge is -2.35. The second-order valence-corrected chi connectivity index (χ2v) is 8.05. The monoisotopic (exact) mass is 350 g/mol. The normalized spacial score (nSPS) is 16.7. The van der Waals surface area contributed by atoms with Crippen molar-refractivity contribution in [2.75, 3.05) is 7.05 Å². The fraction of sp³-hybridized carbons (Fsp3) is 0.579. The Hall–Kier alpha value is -1.55. The van der Waals surface area contributed by atoms with Gasteiger partial charge >= 0.3 is 0 Å². The number of nitrogens with one attached hydrogen (secondary N) is 1. The molecule has 1 fully saturated rings. The fourth-order valence-corrected chi connectivity index (χ4v) is 3.40. The van der Waals surface area contributed by atoms with Crippen LogP contribution in [-0.4, -0.2) is 35.8 Å². The van der Waals surface area contributed by atoms with Crippen LogP contribution in [0, 0.1) is 5.41 Å². The molecule has 1 aromatic rings. The van der Waals surface area contributed by atoms with E-state index in [1.165, 1.54) is 0 Å². The van der Waals surface area contributed by atoms with Gasteiger partial charge in [0.05, 0.1) is 10.6 Å². The lowest BCUT2D eigenvalue weighted by Crippen LogP contribution is -2.55. The van der Waals surface area contributed by atoms with E-state index in [9.17, 15) is 9.59 Å². The summed E-state index contributed by atoms with van der Waals surface area (Å²) < 4.78 is 0. The van der Waals surface area contributed by atoms with Gasteiger partial charge in [-0.3, -0.25) is 9.59 Å². The number of hydrogen-bond donors (Lipinski definition) is 1. The summed E-state index contributed by atoms with van der Waals surface area (Å²) in [5, 5.41) is 3.29. The molecule has 1 saturated carbocycles. The van der Waals surface area contributed by atoms with Crippen LogP contribution in [0.5, 0.6) is 0 Å². The van der Waals surface area contributed by atoms with Crippen LogP contribution in [0.25, 0.3) is 0 Å². The van der Waals surface area contributed by atoms with Crippen molar-refractivity contribution >= 4 is 23.4 Å². The first-order valence-electron chi connectivity index (χ1n) is 8.54. The quantitative estimate of drug-likeness (QED) is 0.895. The van der Waals surface area contributed by atoms with Crippen LogP contribution in [0.2, 0.25) is 5.02 Å². The zero-order chi connectivity index (χ0) is 17.9. The van der Waals surface area contributed by atoms with E-state index in [2.05, 4.69) is 5.32 Å².